The predicted octanol–water partition coefficient (Wildman–Crippen LogP) is 4.93. The average Bonchev–Trinajstić information content (AvgIpc) is 2.47. The van der Waals surface area contributed by atoms with Crippen molar-refractivity contribution >= 4 is 6.09 Å². The van der Waals surface area contributed by atoms with Crippen LogP contribution >= 0.6 is 0 Å². The number of alkyl carbamates (subject to hydrolysis) is 1. The summed E-state index contributed by atoms with van der Waals surface area (Å²) in [6, 6.07) is 9.94. The summed E-state index contributed by atoms with van der Waals surface area (Å²) in [7, 11) is 0. The summed E-state index contributed by atoms with van der Waals surface area (Å²) >= 11 is 0. The highest BCUT2D eigenvalue weighted by atomic mass is 16.6. The minimum Gasteiger partial charge on any atom is -0.446 e. The van der Waals surface area contributed by atoms with Crippen LogP contribution in [0, 0.1) is 17.8 Å². The molecule has 0 saturated heterocycles. The molecule has 1 saturated carbocycles. The first-order chi connectivity index (χ1) is 10.5. The molecule has 1 aromatic carbocycles. The van der Waals surface area contributed by atoms with E-state index >= 15 is 0 Å². The van der Waals surface area contributed by atoms with Crippen molar-refractivity contribution in [3.8, 4) is 0 Å². The summed E-state index contributed by atoms with van der Waals surface area (Å²) in [5, 5.41) is 2.96. The molecule has 3 heteroatoms. The van der Waals surface area contributed by atoms with Gasteiger partial charge in [-0.05, 0) is 43.1 Å². The minimum absolute atomic E-state index is 0.0350. The topological polar surface area (TPSA) is 38.3 Å². The molecule has 0 heterocycles. The SMILES string of the molecule is CC(C)[C@@H]1CC[C@@H](C)C[C@H]1OC(=O)N[C@H](C)c1ccccc1. The van der Waals surface area contributed by atoms with Gasteiger partial charge in [0.1, 0.15) is 6.10 Å². The zero-order chi connectivity index (χ0) is 16.1. The van der Waals surface area contributed by atoms with Gasteiger partial charge in [0.15, 0.2) is 0 Å². The van der Waals surface area contributed by atoms with Crippen LogP contribution in [0.25, 0.3) is 0 Å². The van der Waals surface area contributed by atoms with Crippen LogP contribution in [0.1, 0.15) is 58.6 Å². The molecular weight excluding hydrogens is 274 g/mol. The molecule has 2 rings (SSSR count). The van der Waals surface area contributed by atoms with Crippen molar-refractivity contribution in [2.24, 2.45) is 17.8 Å². The van der Waals surface area contributed by atoms with Gasteiger partial charge in [0.25, 0.3) is 0 Å². The number of hydrogen-bond donors (Lipinski definition) is 1. The van der Waals surface area contributed by atoms with Crippen LogP contribution in [0.3, 0.4) is 0 Å². The van der Waals surface area contributed by atoms with Crippen molar-refractivity contribution < 1.29 is 9.53 Å². The van der Waals surface area contributed by atoms with E-state index in [1.54, 1.807) is 0 Å². The van der Waals surface area contributed by atoms with Gasteiger partial charge in [-0.15, -0.1) is 0 Å². The molecule has 0 radical (unpaired) electrons. The highest BCUT2D eigenvalue weighted by Crippen LogP contribution is 2.35. The number of carbonyl (C=O) groups excluding carboxylic acids is 1. The van der Waals surface area contributed by atoms with Crippen molar-refractivity contribution in [3.63, 3.8) is 0 Å². The third kappa shape index (κ3) is 4.49. The van der Waals surface area contributed by atoms with Gasteiger partial charge in [-0.25, -0.2) is 4.79 Å². The Labute approximate surface area is 134 Å². The molecule has 122 valence electrons. The number of amides is 1. The van der Waals surface area contributed by atoms with E-state index in [0.29, 0.717) is 17.8 Å². The normalized spacial score (nSPS) is 26.5. The summed E-state index contributed by atoms with van der Waals surface area (Å²) in [5.74, 6) is 1.67. The average molecular weight is 303 g/mol. The Morgan fingerprint density at radius 1 is 1.18 bits per heavy atom. The van der Waals surface area contributed by atoms with E-state index in [1.807, 2.05) is 37.3 Å². The highest BCUT2D eigenvalue weighted by molar-refractivity contribution is 5.68. The number of benzene rings is 1. The summed E-state index contributed by atoms with van der Waals surface area (Å²) in [6.45, 7) is 8.68. The lowest BCUT2D eigenvalue weighted by molar-refractivity contribution is 0.00516. The molecule has 1 aromatic rings. The Kier molecular flexibility index (Phi) is 5.87. The van der Waals surface area contributed by atoms with Crippen LogP contribution in [0.15, 0.2) is 30.3 Å². The minimum atomic E-state index is -0.291. The molecule has 1 amide bonds. The second-order valence-corrected chi connectivity index (χ2v) is 7.05. The van der Waals surface area contributed by atoms with Crippen molar-refractivity contribution in [2.45, 2.75) is 59.1 Å². The zero-order valence-electron chi connectivity index (χ0n) is 14.2. The molecule has 0 unspecified atom stereocenters. The van der Waals surface area contributed by atoms with Crippen LogP contribution in [0.4, 0.5) is 4.79 Å². The van der Waals surface area contributed by atoms with Crippen LogP contribution < -0.4 is 5.32 Å². The van der Waals surface area contributed by atoms with E-state index < -0.39 is 0 Å². The summed E-state index contributed by atoms with van der Waals surface area (Å²) in [5.41, 5.74) is 1.09. The first kappa shape index (κ1) is 16.9. The lowest BCUT2D eigenvalue weighted by atomic mass is 9.75. The Morgan fingerprint density at radius 3 is 2.50 bits per heavy atom. The van der Waals surface area contributed by atoms with Gasteiger partial charge >= 0.3 is 6.09 Å². The van der Waals surface area contributed by atoms with Crippen LogP contribution in [-0.2, 0) is 4.74 Å². The van der Waals surface area contributed by atoms with Crippen molar-refractivity contribution in [1.82, 2.24) is 5.32 Å². The Morgan fingerprint density at radius 2 is 1.86 bits per heavy atom. The van der Waals surface area contributed by atoms with Gasteiger partial charge in [0, 0.05) is 0 Å². The number of carbonyl (C=O) groups is 1. The molecule has 1 fully saturated rings. The summed E-state index contributed by atoms with van der Waals surface area (Å²) in [4.78, 5) is 12.2. The summed E-state index contributed by atoms with van der Waals surface area (Å²) in [6.07, 6.45) is 3.14. The van der Waals surface area contributed by atoms with E-state index in [0.717, 1.165) is 18.4 Å². The molecule has 1 N–H and O–H groups in total. The zero-order valence-corrected chi connectivity index (χ0v) is 14.2. The smallest absolute Gasteiger partial charge is 0.407 e. The molecule has 0 spiro atoms. The van der Waals surface area contributed by atoms with Crippen LogP contribution in [0.2, 0.25) is 0 Å². The fourth-order valence-electron chi connectivity index (χ4n) is 3.42. The van der Waals surface area contributed by atoms with Crippen molar-refractivity contribution in [2.75, 3.05) is 0 Å². The summed E-state index contributed by atoms with van der Waals surface area (Å²) < 4.78 is 5.78. The number of nitrogens with one attached hydrogen (secondary N) is 1. The number of rotatable bonds is 4. The first-order valence-corrected chi connectivity index (χ1v) is 8.49. The molecular formula is C19H29NO2. The molecule has 4 atom stereocenters. The largest absolute Gasteiger partial charge is 0.446 e. The van der Waals surface area contributed by atoms with E-state index in [2.05, 4.69) is 26.1 Å². The molecule has 3 nitrogen and oxygen atoms in total. The van der Waals surface area contributed by atoms with Crippen LogP contribution in [-0.4, -0.2) is 12.2 Å². The van der Waals surface area contributed by atoms with E-state index in [1.165, 1.54) is 6.42 Å². The predicted molar refractivity (Wildman–Crippen MR) is 89.6 cm³/mol. The number of hydrogen-bond acceptors (Lipinski definition) is 2. The van der Waals surface area contributed by atoms with E-state index in [9.17, 15) is 4.79 Å². The third-order valence-corrected chi connectivity index (χ3v) is 4.85. The lowest BCUT2D eigenvalue weighted by Gasteiger charge is -2.36. The monoisotopic (exact) mass is 303 g/mol. The maximum absolute atomic E-state index is 12.2. The molecule has 0 bridgehead atoms. The van der Waals surface area contributed by atoms with Crippen molar-refractivity contribution in [3.05, 3.63) is 35.9 Å². The lowest BCUT2D eigenvalue weighted by Crippen LogP contribution is -2.39. The number of ether oxygens (including phenoxy) is 1. The van der Waals surface area contributed by atoms with Crippen molar-refractivity contribution in [1.29, 1.82) is 0 Å². The molecule has 0 aromatic heterocycles. The first-order valence-electron chi connectivity index (χ1n) is 8.49. The highest BCUT2D eigenvalue weighted by Gasteiger charge is 2.33. The fourth-order valence-corrected chi connectivity index (χ4v) is 3.42. The molecule has 1 aliphatic carbocycles. The van der Waals surface area contributed by atoms with E-state index in [4.69, 9.17) is 4.74 Å². The standard InChI is InChI=1S/C19H29NO2/c1-13(2)17-11-10-14(3)12-18(17)22-19(21)20-15(4)16-8-6-5-7-9-16/h5-9,13-15,17-18H,10-12H2,1-4H3,(H,20,21)/t14-,15-,17+,18-/m1/s1. The molecule has 1 aliphatic rings. The van der Waals surface area contributed by atoms with Gasteiger partial charge in [0.05, 0.1) is 6.04 Å². The molecule has 0 aliphatic heterocycles. The van der Waals surface area contributed by atoms with Crippen LogP contribution in [0.5, 0.6) is 0 Å². The Balaban J connectivity index is 1.92. The third-order valence-electron chi connectivity index (χ3n) is 4.85. The van der Waals surface area contributed by atoms with Gasteiger partial charge in [-0.3, -0.25) is 0 Å². The second-order valence-electron chi connectivity index (χ2n) is 7.05. The van der Waals surface area contributed by atoms with Gasteiger partial charge in [-0.2, -0.15) is 0 Å². The maximum atomic E-state index is 12.2. The fraction of sp³-hybridized carbons (Fsp3) is 0.632. The Hall–Kier alpha value is -1.51. The van der Waals surface area contributed by atoms with Gasteiger partial charge in [0.2, 0.25) is 0 Å². The molecule has 22 heavy (non-hydrogen) atoms. The van der Waals surface area contributed by atoms with Gasteiger partial charge < -0.3 is 10.1 Å². The van der Waals surface area contributed by atoms with E-state index in [-0.39, 0.29) is 18.2 Å². The Bertz CT molecular complexity index is 472. The second kappa shape index (κ2) is 7.66. The maximum Gasteiger partial charge on any atom is 0.407 e. The van der Waals surface area contributed by atoms with Gasteiger partial charge in [-0.1, -0.05) is 57.5 Å². The quantitative estimate of drug-likeness (QED) is 0.856.